The second kappa shape index (κ2) is 9.40. The molecule has 10 nitrogen and oxygen atoms in total. The fraction of sp³-hybridized carbons (Fsp3) is 0.320. The van der Waals surface area contributed by atoms with Crippen LogP contribution in [0.1, 0.15) is 40.7 Å². The number of urea groups is 1. The minimum Gasteiger partial charge on any atom is -0.357 e. The molecule has 4 aromatic rings. The lowest BCUT2D eigenvalue weighted by molar-refractivity contribution is 0.262. The molecule has 3 N–H and O–H groups in total. The fourth-order valence-corrected chi connectivity index (χ4v) is 3.75. The number of fused-ring (bicyclic) bond motifs is 1. The summed E-state index contributed by atoms with van der Waals surface area (Å²) in [7, 11) is 1.70. The number of hydrogen-bond donors (Lipinski definition) is 3. The van der Waals surface area contributed by atoms with Crippen molar-refractivity contribution in [3.05, 3.63) is 59.0 Å². The van der Waals surface area contributed by atoms with Gasteiger partial charge < -0.3 is 16.0 Å². The molecule has 4 rings (SSSR count). The molecular weight excluding hydrogens is 463 g/mol. The van der Waals surface area contributed by atoms with Crippen LogP contribution in [0.25, 0.3) is 22.2 Å². The molecule has 3 heterocycles. The van der Waals surface area contributed by atoms with Crippen molar-refractivity contribution in [2.75, 3.05) is 23.0 Å². The van der Waals surface area contributed by atoms with E-state index in [0.717, 1.165) is 0 Å². The first-order valence-corrected chi connectivity index (χ1v) is 11.5. The van der Waals surface area contributed by atoms with E-state index in [4.69, 9.17) is 0 Å². The zero-order valence-corrected chi connectivity index (χ0v) is 21.0. The van der Waals surface area contributed by atoms with Crippen molar-refractivity contribution in [2.24, 2.45) is 0 Å². The second-order valence-electron chi connectivity index (χ2n) is 9.67. The van der Waals surface area contributed by atoms with Gasteiger partial charge in [0.2, 0.25) is 5.95 Å². The number of rotatable bonds is 5. The van der Waals surface area contributed by atoms with Gasteiger partial charge in [-0.1, -0.05) is 6.07 Å². The summed E-state index contributed by atoms with van der Waals surface area (Å²) in [6, 6.07) is 5.01. The first-order valence-electron chi connectivity index (χ1n) is 11.5. The van der Waals surface area contributed by atoms with Crippen LogP contribution in [-0.4, -0.2) is 37.4 Å². The number of halogens is 1. The summed E-state index contributed by atoms with van der Waals surface area (Å²) in [4.78, 5) is 34.7. The molecule has 0 aliphatic heterocycles. The molecule has 0 saturated carbocycles. The Bertz CT molecular complexity index is 1500. The Hall–Kier alpha value is -4.28. The van der Waals surface area contributed by atoms with Crippen LogP contribution in [-0.2, 0) is 5.54 Å². The van der Waals surface area contributed by atoms with E-state index in [1.54, 1.807) is 34.8 Å². The molecule has 0 atom stereocenters. The van der Waals surface area contributed by atoms with Gasteiger partial charge in [0.1, 0.15) is 11.5 Å². The summed E-state index contributed by atoms with van der Waals surface area (Å²) >= 11 is 0. The molecule has 1 aromatic carbocycles. The molecular formula is C25H29FN8O2. The van der Waals surface area contributed by atoms with Gasteiger partial charge in [0.05, 0.1) is 23.1 Å². The number of hydrogen-bond acceptors (Lipinski definition) is 6. The van der Waals surface area contributed by atoms with Crippen molar-refractivity contribution in [3.8, 4) is 11.1 Å². The maximum absolute atomic E-state index is 14.6. The summed E-state index contributed by atoms with van der Waals surface area (Å²) in [5.41, 5.74) is 1.15. The topological polar surface area (TPSA) is 119 Å². The highest BCUT2D eigenvalue weighted by Crippen LogP contribution is 2.27. The third kappa shape index (κ3) is 4.90. The first-order chi connectivity index (χ1) is 17.0. The molecule has 0 saturated heterocycles. The number of carbonyl (C=O) groups excluding carboxylic acids is 1. The smallest absolute Gasteiger partial charge is 0.323 e. The van der Waals surface area contributed by atoms with Crippen LogP contribution >= 0.6 is 0 Å². The Balaban J connectivity index is 1.68. The maximum Gasteiger partial charge on any atom is 0.323 e. The maximum atomic E-state index is 14.6. The van der Waals surface area contributed by atoms with E-state index in [2.05, 4.69) is 31.0 Å². The van der Waals surface area contributed by atoms with Crippen molar-refractivity contribution in [1.82, 2.24) is 24.3 Å². The number of amides is 2. The molecule has 0 radical (unpaired) electrons. The minimum absolute atomic E-state index is 0.0643. The Morgan fingerprint density at radius 3 is 2.50 bits per heavy atom. The standard InChI is InChI=1S/C25H29FN8O2/c1-14(2)34-21-16(11-28-23(27-6)32-21)9-18(22(34)35)15-7-8-19(26)20(10-15)31-24(36)30-17-12-29-33(13-17)25(3,4)5/h7-14H,1-6H3,(H,27,28,32)(H2,30,31,36). The molecule has 11 heteroatoms. The molecule has 36 heavy (non-hydrogen) atoms. The van der Waals surface area contributed by atoms with Crippen LogP contribution in [0.3, 0.4) is 0 Å². The van der Waals surface area contributed by atoms with Gasteiger partial charge in [-0.15, -0.1) is 0 Å². The molecule has 0 aliphatic rings. The van der Waals surface area contributed by atoms with Gasteiger partial charge in [-0.05, 0) is 58.4 Å². The van der Waals surface area contributed by atoms with E-state index in [1.807, 2.05) is 34.6 Å². The lowest BCUT2D eigenvalue weighted by Crippen LogP contribution is -2.25. The molecule has 3 aromatic heterocycles. The number of carbonyl (C=O) groups is 1. The van der Waals surface area contributed by atoms with E-state index in [0.29, 0.717) is 33.8 Å². The normalized spacial score (nSPS) is 11.7. The third-order valence-electron chi connectivity index (χ3n) is 5.57. The van der Waals surface area contributed by atoms with Crippen molar-refractivity contribution >= 4 is 34.4 Å². The predicted molar refractivity (Wildman–Crippen MR) is 139 cm³/mol. The van der Waals surface area contributed by atoms with Crippen LogP contribution in [0, 0.1) is 5.82 Å². The van der Waals surface area contributed by atoms with Gasteiger partial charge in [0, 0.05) is 36.4 Å². The van der Waals surface area contributed by atoms with E-state index in [-0.39, 0.29) is 22.8 Å². The average Bonchev–Trinajstić information content (AvgIpc) is 3.28. The summed E-state index contributed by atoms with van der Waals surface area (Å²) < 4.78 is 17.9. The Morgan fingerprint density at radius 1 is 1.11 bits per heavy atom. The van der Waals surface area contributed by atoms with Crippen molar-refractivity contribution in [2.45, 2.75) is 46.2 Å². The lowest BCUT2D eigenvalue weighted by Gasteiger charge is -2.18. The van der Waals surface area contributed by atoms with Gasteiger partial charge in [-0.2, -0.15) is 10.1 Å². The van der Waals surface area contributed by atoms with Crippen LogP contribution in [0.15, 0.2) is 47.7 Å². The first kappa shape index (κ1) is 24.8. The Kier molecular flexibility index (Phi) is 6.49. The van der Waals surface area contributed by atoms with Gasteiger partial charge >= 0.3 is 6.03 Å². The van der Waals surface area contributed by atoms with Gasteiger partial charge in [0.15, 0.2) is 0 Å². The number of aromatic nitrogens is 5. The highest BCUT2D eigenvalue weighted by Gasteiger charge is 2.18. The van der Waals surface area contributed by atoms with Crippen LogP contribution < -0.4 is 21.5 Å². The largest absolute Gasteiger partial charge is 0.357 e. The monoisotopic (exact) mass is 492 g/mol. The fourth-order valence-electron chi connectivity index (χ4n) is 3.75. The average molecular weight is 493 g/mol. The SMILES string of the molecule is CNc1ncc2cc(-c3ccc(F)c(NC(=O)Nc4cnn(C(C)(C)C)c4)c3)c(=O)n(C(C)C)c2n1. The zero-order chi connectivity index (χ0) is 26.2. The molecule has 188 valence electrons. The highest BCUT2D eigenvalue weighted by atomic mass is 19.1. The number of nitrogens with zero attached hydrogens (tertiary/aromatic N) is 5. The van der Waals surface area contributed by atoms with Crippen LogP contribution in [0.4, 0.5) is 26.5 Å². The van der Waals surface area contributed by atoms with Crippen molar-refractivity contribution in [3.63, 3.8) is 0 Å². The second-order valence-corrected chi connectivity index (χ2v) is 9.67. The van der Waals surface area contributed by atoms with Crippen molar-refractivity contribution < 1.29 is 9.18 Å². The minimum atomic E-state index is -0.634. The molecule has 0 bridgehead atoms. The predicted octanol–water partition coefficient (Wildman–Crippen LogP) is 4.82. The molecule has 0 aliphatic carbocycles. The molecule has 0 fully saturated rings. The van der Waals surface area contributed by atoms with Gasteiger partial charge in [-0.3, -0.25) is 14.0 Å². The number of pyridine rings is 1. The number of benzene rings is 1. The summed E-state index contributed by atoms with van der Waals surface area (Å²) in [5, 5.41) is 12.9. The van der Waals surface area contributed by atoms with E-state index >= 15 is 0 Å². The summed E-state index contributed by atoms with van der Waals surface area (Å²) in [6.07, 6.45) is 4.84. The van der Waals surface area contributed by atoms with Gasteiger partial charge in [-0.25, -0.2) is 14.2 Å². The van der Waals surface area contributed by atoms with Crippen LogP contribution in [0.5, 0.6) is 0 Å². The Labute approximate surface area is 207 Å². The number of nitrogens with one attached hydrogen (secondary N) is 3. The summed E-state index contributed by atoms with van der Waals surface area (Å²) in [6.45, 7) is 9.72. The molecule has 2 amide bonds. The third-order valence-corrected chi connectivity index (χ3v) is 5.57. The highest BCUT2D eigenvalue weighted by molar-refractivity contribution is 6.00. The van der Waals surface area contributed by atoms with E-state index in [9.17, 15) is 14.0 Å². The van der Waals surface area contributed by atoms with Crippen LogP contribution in [0.2, 0.25) is 0 Å². The molecule has 0 unspecified atom stereocenters. The zero-order valence-electron chi connectivity index (χ0n) is 21.0. The summed E-state index contributed by atoms with van der Waals surface area (Å²) in [5.74, 6) is -0.234. The van der Waals surface area contributed by atoms with Crippen molar-refractivity contribution in [1.29, 1.82) is 0 Å². The Morgan fingerprint density at radius 2 is 1.86 bits per heavy atom. The van der Waals surface area contributed by atoms with E-state index < -0.39 is 11.8 Å². The van der Waals surface area contributed by atoms with E-state index in [1.165, 1.54) is 24.4 Å². The lowest BCUT2D eigenvalue weighted by atomic mass is 10.0. The molecule has 0 spiro atoms. The van der Waals surface area contributed by atoms with Gasteiger partial charge in [0.25, 0.3) is 5.56 Å². The number of anilines is 3. The quantitative estimate of drug-likeness (QED) is 0.368.